The number of nitrogens with zero attached hydrogens (tertiary/aromatic N) is 2. The van der Waals surface area contributed by atoms with Crippen LogP contribution in [0.4, 0.5) is 4.39 Å². The van der Waals surface area contributed by atoms with Gasteiger partial charge in [0.25, 0.3) is 5.91 Å². The van der Waals surface area contributed by atoms with Gasteiger partial charge in [-0.3, -0.25) is 9.59 Å². The van der Waals surface area contributed by atoms with Crippen molar-refractivity contribution in [1.29, 1.82) is 0 Å². The van der Waals surface area contributed by atoms with Gasteiger partial charge in [-0.2, -0.15) is 0 Å². The molecule has 5 rings (SSSR count). The number of carbonyl (C=O) groups is 2. The first-order chi connectivity index (χ1) is 15.4. The molecule has 1 aromatic carbocycles. The highest BCUT2D eigenvalue weighted by atomic mass is 32.1. The van der Waals surface area contributed by atoms with Gasteiger partial charge in [0.2, 0.25) is 5.91 Å². The van der Waals surface area contributed by atoms with Crippen molar-refractivity contribution in [3.63, 3.8) is 0 Å². The molecule has 168 valence electrons. The fraction of sp³-hybridized carbons (Fsp3) is 0.440. The second-order valence-corrected chi connectivity index (χ2v) is 10.4. The number of hydrogen-bond acceptors (Lipinski definition) is 3. The number of nitrogens with one attached hydrogen (secondary N) is 1. The first kappa shape index (κ1) is 21.2. The lowest BCUT2D eigenvalue weighted by Crippen LogP contribution is -2.65. The second kappa shape index (κ2) is 8.03. The molecular formula is C25H28FN3O2S. The van der Waals surface area contributed by atoms with Gasteiger partial charge >= 0.3 is 0 Å². The van der Waals surface area contributed by atoms with E-state index in [0.717, 1.165) is 35.0 Å². The number of aromatic nitrogens is 1. The highest BCUT2D eigenvalue weighted by Gasteiger charge is 2.48. The summed E-state index contributed by atoms with van der Waals surface area (Å²) in [5, 5.41) is 5.29. The van der Waals surface area contributed by atoms with E-state index in [1.165, 1.54) is 18.6 Å². The first-order valence-electron chi connectivity index (χ1n) is 11.3. The van der Waals surface area contributed by atoms with Crippen molar-refractivity contribution in [3.05, 3.63) is 58.9 Å². The molecule has 7 heteroatoms. The van der Waals surface area contributed by atoms with Crippen LogP contribution in [0.3, 0.4) is 0 Å². The normalized spacial score (nSPS) is 25.7. The average molecular weight is 454 g/mol. The molecule has 1 aliphatic heterocycles. The van der Waals surface area contributed by atoms with Crippen LogP contribution in [0.25, 0.3) is 10.2 Å². The van der Waals surface area contributed by atoms with Gasteiger partial charge < -0.3 is 14.8 Å². The fourth-order valence-corrected chi connectivity index (χ4v) is 5.97. The highest BCUT2D eigenvalue weighted by Crippen LogP contribution is 2.36. The van der Waals surface area contributed by atoms with Gasteiger partial charge in [-0.1, -0.05) is 31.9 Å². The maximum Gasteiger partial charge on any atom is 0.271 e. The van der Waals surface area contributed by atoms with Gasteiger partial charge in [-0.15, -0.1) is 11.3 Å². The molecular weight excluding hydrogens is 425 g/mol. The monoisotopic (exact) mass is 453 g/mol. The van der Waals surface area contributed by atoms with Crippen molar-refractivity contribution >= 4 is 33.4 Å². The number of hydrogen-bond donors (Lipinski definition) is 1. The third-order valence-electron chi connectivity index (χ3n) is 7.22. The summed E-state index contributed by atoms with van der Waals surface area (Å²) in [6, 6.07) is 10.2. The second-order valence-electron chi connectivity index (χ2n) is 9.42. The molecule has 1 aliphatic carbocycles. The van der Waals surface area contributed by atoms with Gasteiger partial charge in [0.1, 0.15) is 17.1 Å². The lowest BCUT2D eigenvalue weighted by atomic mass is 9.85. The summed E-state index contributed by atoms with van der Waals surface area (Å²) in [6.07, 6.45) is 4.39. The van der Waals surface area contributed by atoms with Crippen molar-refractivity contribution in [1.82, 2.24) is 14.8 Å². The summed E-state index contributed by atoms with van der Waals surface area (Å²) < 4.78 is 16.5. The van der Waals surface area contributed by atoms with Gasteiger partial charge in [0, 0.05) is 12.6 Å². The van der Waals surface area contributed by atoms with Crippen molar-refractivity contribution in [2.75, 3.05) is 0 Å². The third-order valence-corrected chi connectivity index (χ3v) is 8.07. The molecule has 1 N–H and O–H groups in total. The topological polar surface area (TPSA) is 54.3 Å². The molecule has 2 aliphatic rings. The molecule has 0 saturated heterocycles. The maximum atomic E-state index is 13.8. The zero-order chi connectivity index (χ0) is 22.5. The van der Waals surface area contributed by atoms with Crippen molar-refractivity contribution in [3.8, 4) is 0 Å². The van der Waals surface area contributed by atoms with Crippen LogP contribution in [0.5, 0.6) is 0 Å². The first-order valence-corrected chi connectivity index (χ1v) is 12.2. The van der Waals surface area contributed by atoms with Gasteiger partial charge in [-0.05, 0) is 60.9 Å². The summed E-state index contributed by atoms with van der Waals surface area (Å²) >= 11 is 1.59. The van der Waals surface area contributed by atoms with Crippen molar-refractivity contribution < 1.29 is 14.0 Å². The lowest BCUT2D eigenvalue weighted by molar-refractivity contribution is -0.134. The highest BCUT2D eigenvalue weighted by molar-refractivity contribution is 7.17. The molecule has 1 fully saturated rings. The Morgan fingerprint density at radius 2 is 1.97 bits per heavy atom. The Morgan fingerprint density at radius 3 is 2.72 bits per heavy atom. The summed E-state index contributed by atoms with van der Waals surface area (Å²) in [5.74, 6) is -0.181. The number of rotatable bonds is 4. The van der Waals surface area contributed by atoms with E-state index in [1.807, 2.05) is 29.0 Å². The predicted octanol–water partition coefficient (Wildman–Crippen LogP) is 4.95. The molecule has 0 spiro atoms. The molecule has 5 nitrogen and oxygen atoms in total. The predicted molar refractivity (Wildman–Crippen MR) is 124 cm³/mol. The Labute approximate surface area is 191 Å². The molecule has 1 saturated carbocycles. The number of carbonyl (C=O) groups excluding carboxylic acids is 2. The molecule has 0 unspecified atom stereocenters. The van der Waals surface area contributed by atoms with Crippen LogP contribution in [-0.4, -0.2) is 32.9 Å². The molecule has 0 radical (unpaired) electrons. The van der Waals surface area contributed by atoms with Crippen LogP contribution in [0.15, 0.2) is 41.8 Å². The van der Waals surface area contributed by atoms with Crippen molar-refractivity contribution in [2.24, 2.45) is 5.92 Å². The Morgan fingerprint density at radius 1 is 1.22 bits per heavy atom. The Hall–Kier alpha value is -2.67. The van der Waals surface area contributed by atoms with Crippen LogP contribution in [0, 0.1) is 11.7 Å². The summed E-state index contributed by atoms with van der Waals surface area (Å²) in [7, 11) is 0. The zero-order valence-electron chi connectivity index (χ0n) is 18.4. The number of halogens is 1. The summed E-state index contributed by atoms with van der Waals surface area (Å²) in [6.45, 7) is 4.69. The van der Waals surface area contributed by atoms with Crippen LogP contribution in [0.2, 0.25) is 0 Å². The quantitative estimate of drug-likeness (QED) is 0.608. The molecule has 2 aromatic heterocycles. The van der Waals surface area contributed by atoms with E-state index in [2.05, 4.69) is 12.2 Å². The Kier molecular flexibility index (Phi) is 5.32. The molecule has 2 amide bonds. The van der Waals surface area contributed by atoms with Crippen molar-refractivity contribution in [2.45, 2.75) is 64.2 Å². The van der Waals surface area contributed by atoms with E-state index in [9.17, 15) is 14.0 Å². The van der Waals surface area contributed by atoms with Crippen LogP contribution in [0.1, 0.15) is 55.6 Å². The lowest BCUT2D eigenvalue weighted by Gasteiger charge is -2.45. The number of thiophene rings is 1. The average Bonchev–Trinajstić information content (AvgIpc) is 3.36. The van der Waals surface area contributed by atoms with E-state index in [4.69, 9.17) is 0 Å². The summed E-state index contributed by atoms with van der Waals surface area (Å²) in [5.41, 5.74) is 1.34. The molecule has 3 heterocycles. The third kappa shape index (κ3) is 3.52. The number of fused-ring (bicyclic) bond motifs is 3. The van der Waals surface area contributed by atoms with E-state index in [1.54, 1.807) is 28.4 Å². The maximum absolute atomic E-state index is 13.8. The van der Waals surface area contributed by atoms with E-state index < -0.39 is 5.54 Å². The largest absolute Gasteiger partial charge is 0.351 e. The van der Waals surface area contributed by atoms with E-state index >= 15 is 0 Å². The minimum Gasteiger partial charge on any atom is -0.351 e. The SMILES string of the molecule is C[C@@H]1CCCC[C@H]1NC(=O)[C@]1(C)Cn2c(cc3sccc32)C(=O)N1Cc1ccc(F)cc1. The Balaban J connectivity index is 1.52. The smallest absolute Gasteiger partial charge is 0.271 e. The van der Waals surface area contributed by atoms with Gasteiger partial charge in [0.05, 0.1) is 16.8 Å². The van der Waals surface area contributed by atoms with Gasteiger partial charge in [0.15, 0.2) is 0 Å². The molecule has 3 aromatic rings. The summed E-state index contributed by atoms with van der Waals surface area (Å²) in [4.78, 5) is 29.1. The van der Waals surface area contributed by atoms with Crippen LogP contribution in [-0.2, 0) is 17.9 Å². The molecule has 3 atom stereocenters. The standard InChI is InChI=1S/C25H28FN3O2S/c1-16-5-3-4-6-19(16)27-24(31)25(2)15-28-20-11-12-32-22(20)13-21(28)23(30)29(25)14-17-7-9-18(26)10-8-17/h7-13,16,19H,3-6,14-15H2,1-2H3,(H,27,31)/t16-,19-,25+/m1/s1. The molecule has 0 bridgehead atoms. The number of benzene rings is 1. The fourth-order valence-electron chi connectivity index (χ4n) is 5.15. The Bertz CT molecular complexity index is 1170. The minimum absolute atomic E-state index is 0.116. The van der Waals surface area contributed by atoms with Crippen LogP contribution >= 0.6 is 11.3 Å². The van der Waals surface area contributed by atoms with Crippen LogP contribution < -0.4 is 5.32 Å². The minimum atomic E-state index is -1.05. The van der Waals surface area contributed by atoms with E-state index in [0.29, 0.717) is 18.2 Å². The number of amides is 2. The van der Waals surface area contributed by atoms with Gasteiger partial charge in [-0.25, -0.2) is 4.39 Å². The van der Waals surface area contributed by atoms with E-state index in [-0.39, 0.29) is 30.2 Å². The molecule has 32 heavy (non-hydrogen) atoms. The zero-order valence-corrected chi connectivity index (χ0v) is 19.3.